The van der Waals surface area contributed by atoms with Gasteiger partial charge in [0.1, 0.15) is 0 Å². The second-order valence-corrected chi connectivity index (χ2v) is 4.24. The van der Waals surface area contributed by atoms with Gasteiger partial charge in [-0.2, -0.15) is 0 Å². The van der Waals surface area contributed by atoms with Crippen LogP contribution in [0.4, 0.5) is 0 Å². The fourth-order valence-electron chi connectivity index (χ4n) is 2.01. The van der Waals surface area contributed by atoms with Crippen LogP contribution in [0.5, 0.6) is 0 Å². The molecule has 2 atom stereocenters. The maximum atomic E-state index is 3.61. The van der Waals surface area contributed by atoms with Crippen molar-refractivity contribution in [3.63, 3.8) is 0 Å². The predicted molar refractivity (Wildman–Crippen MR) is 58.0 cm³/mol. The molecule has 1 aliphatic rings. The molecule has 0 unspecified atom stereocenters. The number of rotatable bonds is 5. The van der Waals surface area contributed by atoms with Gasteiger partial charge in [-0.05, 0) is 44.8 Å². The normalized spacial score (nSPS) is 25.8. The molecule has 0 aromatic heterocycles. The van der Waals surface area contributed by atoms with Crippen LogP contribution in [0.2, 0.25) is 0 Å². The highest BCUT2D eigenvalue weighted by Crippen LogP contribution is 2.14. The Balaban J connectivity index is 2.09. The van der Waals surface area contributed by atoms with Gasteiger partial charge < -0.3 is 10.6 Å². The van der Waals surface area contributed by atoms with Gasteiger partial charge in [0.25, 0.3) is 0 Å². The summed E-state index contributed by atoms with van der Waals surface area (Å²) in [6.45, 7) is 8.13. The van der Waals surface area contributed by atoms with E-state index in [1.165, 1.54) is 38.8 Å². The summed E-state index contributed by atoms with van der Waals surface area (Å²) in [4.78, 5) is 0. The molecule has 2 nitrogen and oxygen atoms in total. The molecule has 1 aliphatic heterocycles. The van der Waals surface area contributed by atoms with E-state index in [1.54, 1.807) is 0 Å². The molecular weight excluding hydrogens is 160 g/mol. The maximum Gasteiger partial charge on any atom is 0.0105 e. The zero-order chi connectivity index (χ0) is 9.52. The van der Waals surface area contributed by atoms with Gasteiger partial charge in [-0.1, -0.05) is 20.3 Å². The first kappa shape index (κ1) is 11.0. The van der Waals surface area contributed by atoms with E-state index in [1.807, 2.05) is 0 Å². The fraction of sp³-hybridized carbons (Fsp3) is 1.00. The number of nitrogens with one attached hydrogen (secondary N) is 2. The van der Waals surface area contributed by atoms with Crippen molar-refractivity contribution in [1.82, 2.24) is 10.6 Å². The quantitative estimate of drug-likeness (QED) is 0.636. The summed E-state index contributed by atoms with van der Waals surface area (Å²) in [5.74, 6) is 0.784. The number of piperidine rings is 1. The van der Waals surface area contributed by atoms with E-state index in [4.69, 9.17) is 0 Å². The van der Waals surface area contributed by atoms with Crippen LogP contribution in [0.1, 0.15) is 39.5 Å². The van der Waals surface area contributed by atoms with E-state index in [0.29, 0.717) is 0 Å². The highest BCUT2D eigenvalue weighted by molar-refractivity contribution is 4.78. The molecule has 2 heteroatoms. The van der Waals surface area contributed by atoms with Gasteiger partial charge in [-0.25, -0.2) is 0 Å². The van der Waals surface area contributed by atoms with Crippen molar-refractivity contribution in [3.8, 4) is 0 Å². The zero-order valence-electron chi connectivity index (χ0n) is 9.10. The highest BCUT2D eigenvalue weighted by atomic mass is 14.9. The largest absolute Gasteiger partial charge is 0.316 e. The molecule has 1 saturated heterocycles. The van der Waals surface area contributed by atoms with E-state index in [0.717, 1.165) is 18.5 Å². The Kier molecular flexibility index (Phi) is 5.40. The minimum atomic E-state index is 0.762. The SMILES string of the molecule is CCCNC[C@H](C)[C@@H]1CCCCN1. The van der Waals surface area contributed by atoms with Crippen LogP contribution in [0.25, 0.3) is 0 Å². The molecule has 0 amide bonds. The molecule has 0 radical (unpaired) electrons. The minimum absolute atomic E-state index is 0.762. The number of hydrogen-bond acceptors (Lipinski definition) is 2. The maximum absolute atomic E-state index is 3.61. The Morgan fingerprint density at radius 2 is 2.31 bits per heavy atom. The molecule has 0 saturated carbocycles. The highest BCUT2D eigenvalue weighted by Gasteiger charge is 2.18. The molecule has 1 heterocycles. The predicted octanol–water partition coefficient (Wildman–Crippen LogP) is 1.76. The lowest BCUT2D eigenvalue weighted by Crippen LogP contribution is -2.42. The van der Waals surface area contributed by atoms with E-state index in [9.17, 15) is 0 Å². The summed E-state index contributed by atoms with van der Waals surface area (Å²) in [5.41, 5.74) is 0. The Morgan fingerprint density at radius 1 is 1.46 bits per heavy atom. The average Bonchev–Trinajstić information content (AvgIpc) is 2.19. The van der Waals surface area contributed by atoms with E-state index < -0.39 is 0 Å². The van der Waals surface area contributed by atoms with Crippen molar-refractivity contribution >= 4 is 0 Å². The standard InChI is InChI=1S/C11H24N2/c1-3-7-12-9-10(2)11-6-4-5-8-13-11/h10-13H,3-9H2,1-2H3/t10-,11-/m0/s1. The molecule has 13 heavy (non-hydrogen) atoms. The van der Waals surface area contributed by atoms with Crippen molar-refractivity contribution in [1.29, 1.82) is 0 Å². The summed E-state index contributed by atoms with van der Waals surface area (Å²) in [6.07, 6.45) is 5.39. The average molecular weight is 184 g/mol. The van der Waals surface area contributed by atoms with Crippen molar-refractivity contribution in [2.24, 2.45) is 5.92 Å². The molecule has 0 spiro atoms. The lowest BCUT2D eigenvalue weighted by Gasteiger charge is -2.29. The third-order valence-corrected chi connectivity index (χ3v) is 2.93. The van der Waals surface area contributed by atoms with Crippen molar-refractivity contribution in [3.05, 3.63) is 0 Å². The van der Waals surface area contributed by atoms with Gasteiger partial charge in [0.2, 0.25) is 0 Å². The van der Waals surface area contributed by atoms with Crippen molar-refractivity contribution in [2.45, 2.75) is 45.6 Å². The van der Waals surface area contributed by atoms with E-state index >= 15 is 0 Å². The van der Waals surface area contributed by atoms with Gasteiger partial charge in [0.05, 0.1) is 0 Å². The Morgan fingerprint density at radius 3 is 2.92 bits per heavy atom. The van der Waals surface area contributed by atoms with Gasteiger partial charge in [-0.3, -0.25) is 0 Å². The lowest BCUT2D eigenvalue weighted by molar-refractivity contribution is 0.302. The monoisotopic (exact) mass is 184 g/mol. The van der Waals surface area contributed by atoms with Crippen LogP contribution in [-0.2, 0) is 0 Å². The van der Waals surface area contributed by atoms with Crippen molar-refractivity contribution < 1.29 is 0 Å². The third kappa shape index (κ3) is 4.10. The molecule has 0 aromatic rings. The summed E-state index contributed by atoms with van der Waals surface area (Å²) in [7, 11) is 0. The van der Waals surface area contributed by atoms with E-state index in [2.05, 4.69) is 24.5 Å². The first-order chi connectivity index (χ1) is 6.34. The Labute approximate surface area is 82.5 Å². The first-order valence-corrected chi connectivity index (χ1v) is 5.78. The van der Waals surface area contributed by atoms with Gasteiger partial charge in [0.15, 0.2) is 0 Å². The fourth-order valence-corrected chi connectivity index (χ4v) is 2.01. The van der Waals surface area contributed by atoms with Gasteiger partial charge in [0, 0.05) is 6.04 Å². The summed E-state index contributed by atoms with van der Waals surface area (Å²) in [6, 6.07) is 0.762. The van der Waals surface area contributed by atoms with E-state index in [-0.39, 0.29) is 0 Å². The Hall–Kier alpha value is -0.0800. The Bertz CT molecular complexity index is 119. The summed E-state index contributed by atoms with van der Waals surface area (Å²) < 4.78 is 0. The molecule has 0 bridgehead atoms. The lowest BCUT2D eigenvalue weighted by atomic mass is 9.93. The third-order valence-electron chi connectivity index (χ3n) is 2.93. The molecule has 1 fully saturated rings. The molecule has 0 aromatic carbocycles. The number of hydrogen-bond donors (Lipinski definition) is 2. The van der Waals surface area contributed by atoms with Crippen LogP contribution in [0, 0.1) is 5.92 Å². The van der Waals surface area contributed by atoms with Gasteiger partial charge >= 0.3 is 0 Å². The summed E-state index contributed by atoms with van der Waals surface area (Å²) >= 11 is 0. The molecule has 1 rings (SSSR count). The van der Waals surface area contributed by atoms with Gasteiger partial charge in [-0.15, -0.1) is 0 Å². The molecular formula is C11H24N2. The molecule has 0 aliphatic carbocycles. The zero-order valence-corrected chi connectivity index (χ0v) is 9.10. The molecule has 78 valence electrons. The second kappa shape index (κ2) is 6.39. The minimum Gasteiger partial charge on any atom is -0.316 e. The van der Waals surface area contributed by atoms with Crippen LogP contribution < -0.4 is 10.6 Å². The van der Waals surface area contributed by atoms with Crippen LogP contribution in [0.15, 0.2) is 0 Å². The molecule has 2 N–H and O–H groups in total. The van der Waals surface area contributed by atoms with Crippen LogP contribution >= 0.6 is 0 Å². The van der Waals surface area contributed by atoms with Crippen LogP contribution in [0.3, 0.4) is 0 Å². The second-order valence-electron chi connectivity index (χ2n) is 4.24. The topological polar surface area (TPSA) is 24.1 Å². The van der Waals surface area contributed by atoms with Crippen molar-refractivity contribution in [2.75, 3.05) is 19.6 Å². The van der Waals surface area contributed by atoms with Crippen LogP contribution in [-0.4, -0.2) is 25.7 Å². The first-order valence-electron chi connectivity index (χ1n) is 5.78. The smallest absolute Gasteiger partial charge is 0.0105 e. The summed E-state index contributed by atoms with van der Waals surface area (Å²) in [5, 5.41) is 7.10.